The van der Waals surface area contributed by atoms with Crippen LogP contribution in [-0.2, 0) is 11.2 Å². The summed E-state index contributed by atoms with van der Waals surface area (Å²) in [4.78, 5) is 19.4. The Kier molecular flexibility index (Phi) is 6.54. The van der Waals surface area contributed by atoms with Crippen LogP contribution < -0.4 is 9.64 Å². The Labute approximate surface area is 222 Å². The number of benzene rings is 2. The fourth-order valence-corrected chi connectivity index (χ4v) is 6.35. The van der Waals surface area contributed by atoms with Crippen LogP contribution in [0.1, 0.15) is 87.9 Å². The molecule has 2 aliphatic carbocycles. The molecule has 3 aliphatic rings. The van der Waals surface area contributed by atoms with Crippen molar-refractivity contribution in [1.29, 1.82) is 0 Å². The number of aliphatic hydroxyl groups is 1. The molecule has 8 heteroatoms. The molecule has 2 heterocycles. The van der Waals surface area contributed by atoms with Crippen LogP contribution in [0.3, 0.4) is 0 Å². The van der Waals surface area contributed by atoms with Crippen molar-refractivity contribution in [2.24, 2.45) is 5.92 Å². The van der Waals surface area contributed by atoms with Crippen molar-refractivity contribution in [2.45, 2.75) is 89.5 Å². The molecule has 1 aliphatic heterocycles. The Hall–Kier alpha value is -3.13. The van der Waals surface area contributed by atoms with E-state index in [-0.39, 0.29) is 24.3 Å². The number of imidazole rings is 1. The maximum Gasteiger partial charge on any atom is 0.414 e. The Morgan fingerprint density at radius 2 is 1.95 bits per heavy atom. The zero-order chi connectivity index (χ0) is 26.6. The Balaban J connectivity index is 1.52. The molecule has 7 nitrogen and oxygen atoms in total. The molecule has 0 radical (unpaired) electrons. The molecule has 4 unspecified atom stereocenters. The van der Waals surface area contributed by atoms with Crippen molar-refractivity contribution < 1.29 is 23.8 Å². The standard InChI is InChI=1S/C30H36FN3O4/c1-17-5-4-6-20(15-17)34-25-13-12-24-22(11-7-18(2)33(24)30(36)37-3)27(25)32-29(34)28(35)23-16-19(31)8-14-26(23)38-21-9-10-21/h8,12-14,16-18,20-21,28,35H,4-7,9-11,15H2,1-3H3. The van der Waals surface area contributed by atoms with Gasteiger partial charge in [0.25, 0.3) is 0 Å². The summed E-state index contributed by atoms with van der Waals surface area (Å²) < 4.78 is 27.8. The minimum absolute atomic E-state index is 0.00756. The summed E-state index contributed by atoms with van der Waals surface area (Å²) in [7, 11) is 1.40. The molecular weight excluding hydrogens is 485 g/mol. The highest BCUT2D eigenvalue weighted by Gasteiger charge is 2.35. The van der Waals surface area contributed by atoms with Gasteiger partial charge in [0.1, 0.15) is 23.5 Å². The lowest BCUT2D eigenvalue weighted by molar-refractivity contribution is 0.175. The molecule has 38 heavy (non-hydrogen) atoms. The van der Waals surface area contributed by atoms with Crippen LogP contribution in [-0.4, -0.2) is 40.0 Å². The fourth-order valence-electron chi connectivity index (χ4n) is 6.35. The van der Waals surface area contributed by atoms with E-state index in [0.717, 1.165) is 67.2 Å². The number of amides is 1. The summed E-state index contributed by atoms with van der Waals surface area (Å²) in [6.45, 7) is 4.29. The van der Waals surface area contributed by atoms with Crippen LogP contribution in [0, 0.1) is 11.7 Å². The van der Waals surface area contributed by atoms with Gasteiger partial charge in [0.15, 0.2) is 0 Å². The van der Waals surface area contributed by atoms with E-state index in [9.17, 15) is 14.3 Å². The van der Waals surface area contributed by atoms with Crippen LogP contribution in [0.25, 0.3) is 11.0 Å². The number of fused-ring (bicyclic) bond motifs is 3. The quantitative estimate of drug-likeness (QED) is 0.417. The number of methoxy groups -OCH3 is 1. The second kappa shape index (κ2) is 9.88. The van der Waals surface area contributed by atoms with Crippen molar-refractivity contribution >= 4 is 22.8 Å². The molecule has 2 aromatic carbocycles. The molecule has 1 aromatic heterocycles. The minimum atomic E-state index is -1.15. The summed E-state index contributed by atoms with van der Waals surface area (Å²) >= 11 is 0. The summed E-state index contributed by atoms with van der Waals surface area (Å²) in [6.07, 6.45) is 6.33. The van der Waals surface area contributed by atoms with Gasteiger partial charge in [0, 0.05) is 23.2 Å². The van der Waals surface area contributed by atoms with E-state index >= 15 is 0 Å². The van der Waals surface area contributed by atoms with E-state index in [4.69, 9.17) is 14.5 Å². The number of hydrogen-bond acceptors (Lipinski definition) is 5. The van der Waals surface area contributed by atoms with Crippen LogP contribution >= 0.6 is 0 Å². The number of rotatable bonds is 5. The molecule has 0 bridgehead atoms. The lowest BCUT2D eigenvalue weighted by atomic mass is 9.86. The first-order valence-electron chi connectivity index (χ1n) is 13.9. The third-order valence-electron chi connectivity index (χ3n) is 8.46. The van der Waals surface area contributed by atoms with Gasteiger partial charge in [-0.2, -0.15) is 0 Å². The number of aliphatic hydroxyl groups excluding tert-OH is 1. The molecular formula is C30H36FN3O4. The number of nitrogens with zero attached hydrogens (tertiary/aromatic N) is 3. The molecule has 202 valence electrons. The van der Waals surface area contributed by atoms with Gasteiger partial charge in [-0.3, -0.25) is 4.90 Å². The molecule has 1 amide bonds. The Morgan fingerprint density at radius 3 is 2.68 bits per heavy atom. The van der Waals surface area contributed by atoms with Crippen molar-refractivity contribution in [2.75, 3.05) is 12.0 Å². The smallest absolute Gasteiger partial charge is 0.414 e. The van der Waals surface area contributed by atoms with E-state index in [1.807, 2.05) is 19.1 Å². The maximum absolute atomic E-state index is 14.5. The Bertz CT molecular complexity index is 1370. The van der Waals surface area contributed by atoms with E-state index in [1.165, 1.54) is 25.7 Å². The van der Waals surface area contributed by atoms with Gasteiger partial charge in [0.2, 0.25) is 0 Å². The van der Waals surface area contributed by atoms with Gasteiger partial charge in [-0.25, -0.2) is 14.2 Å². The van der Waals surface area contributed by atoms with Crippen LogP contribution in [0.5, 0.6) is 5.75 Å². The number of anilines is 1. The highest BCUT2D eigenvalue weighted by molar-refractivity contribution is 5.95. The van der Waals surface area contributed by atoms with Crippen LogP contribution in [0.15, 0.2) is 30.3 Å². The zero-order valence-electron chi connectivity index (χ0n) is 22.3. The highest BCUT2D eigenvalue weighted by Crippen LogP contribution is 2.43. The molecule has 0 spiro atoms. The summed E-state index contributed by atoms with van der Waals surface area (Å²) in [5.41, 5.74) is 3.91. The van der Waals surface area contributed by atoms with Gasteiger partial charge >= 0.3 is 6.09 Å². The van der Waals surface area contributed by atoms with Crippen LogP contribution in [0.4, 0.5) is 14.9 Å². The number of carbonyl (C=O) groups excluding carboxylic acids is 1. The predicted octanol–water partition coefficient (Wildman–Crippen LogP) is 6.46. The molecule has 3 aromatic rings. The van der Waals surface area contributed by atoms with Gasteiger partial charge in [-0.1, -0.05) is 19.8 Å². The van der Waals surface area contributed by atoms with Crippen molar-refractivity contribution in [1.82, 2.24) is 9.55 Å². The second-order valence-corrected chi connectivity index (χ2v) is 11.3. The number of hydrogen-bond donors (Lipinski definition) is 1. The molecule has 4 atom stereocenters. The van der Waals surface area contributed by atoms with Crippen molar-refractivity contribution in [3.63, 3.8) is 0 Å². The number of aryl methyl sites for hydroxylation is 1. The minimum Gasteiger partial charge on any atom is -0.490 e. The number of halogens is 1. The third kappa shape index (κ3) is 4.42. The molecule has 1 N–H and O–H groups in total. The summed E-state index contributed by atoms with van der Waals surface area (Å²) in [5.74, 6) is 1.15. The summed E-state index contributed by atoms with van der Waals surface area (Å²) in [5, 5.41) is 11.8. The molecule has 2 fully saturated rings. The third-order valence-corrected chi connectivity index (χ3v) is 8.46. The topological polar surface area (TPSA) is 76.8 Å². The average molecular weight is 522 g/mol. The number of carbonyl (C=O) groups is 1. The number of aromatic nitrogens is 2. The SMILES string of the molecule is COC(=O)N1c2ccc3c(nc(C(O)c4cc(F)ccc4OC4CC4)n3C3CCCC(C)C3)c2CCC1C. The normalized spacial score (nSPS) is 24.2. The second-order valence-electron chi connectivity index (χ2n) is 11.3. The van der Waals surface area contributed by atoms with Gasteiger partial charge in [-0.15, -0.1) is 0 Å². The first-order valence-corrected chi connectivity index (χ1v) is 13.9. The predicted molar refractivity (Wildman–Crippen MR) is 143 cm³/mol. The van der Waals surface area contributed by atoms with Crippen molar-refractivity contribution in [3.8, 4) is 5.75 Å². The molecule has 2 saturated carbocycles. The largest absolute Gasteiger partial charge is 0.490 e. The lowest BCUT2D eigenvalue weighted by Crippen LogP contribution is -2.42. The van der Waals surface area contributed by atoms with Gasteiger partial charge < -0.3 is 19.1 Å². The Morgan fingerprint density at radius 1 is 1.13 bits per heavy atom. The number of ether oxygens (including phenoxy) is 2. The molecule has 6 rings (SSSR count). The first-order chi connectivity index (χ1) is 18.4. The first kappa shape index (κ1) is 25.2. The van der Waals surface area contributed by atoms with Gasteiger partial charge in [0.05, 0.1) is 29.9 Å². The summed E-state index contributed by atoms with van der Waals surface area (Å²) in [6, 6.07) is 8.52. The fraction of sp³-hybridized carbons (Fsp3) is 0.533. The van der Waals surface area contributed by atoms with E-state index < -0.39 is 11.9 Å². The van der Waals surface area contributed by atoms with E-state index in [1.54, 1.807) is 11.0 Å². The maximum atomic E-state index is 14.5. The average Bonchev–Trinajstić information content (AvgIpc) is 3.64. The lowest BCUT2D eigenvalue weighted by Gasteiger charge is -2.34. The van der Waals surface area contributed by atoms with Crippen LogP contribution in [0.2, 0.25) is 0 Å². The van der Waals surface area contributed by atoms with E-state index in [0.29, 0.717) is 23.1 Å². The molecule has 0 saturated heterocycles. The zero-order valence-corrected chi connectivity index (χ0v) is 22.3. The monoisotopic (exact) mass is 521 g/mol. The van der Waals surface area contributed by atoms with Gasteiger partial charge in [-0.05, 0) is 81.7 Å². The highest BCUT2D eigenvalue weighted by atomic mass is 19.1. The van der Waals surface area contributed by atoms with E-state index in [2.05, 4.69) is 11.5 Å². The van der Waals surface area contributed by atoms with Crippen molar-refractivity contribution in [3.05, 3.63) is 53.1 Å².